The highest BCUT2D eigenvalue weighted by atomic mass is 35.5. The van der Waals surface area contributed by atoms with Gasteiger partial charge in [0.2, 0.25) is 0 Å². The van der Waals surface area contributed by atoms with E-state index in [1.54, 1.807) is 0 Å². The Morgan fingerprint density at radius 1 is 1.27 bits per heavy atom. The fraction of sp³-hybridized carbons (Fsp3) is 0.400. The Hall–Kier alpha value is -0.710. The van der Waals surface area contributed by atoms with Gasteiger partial charge in [-0.05, 0) is 30.5 Å². The van der Waals surface area contributed by atoms with E-state index >= 15 is 0 Å². The molecule has 2 nitrogen and oxygen atoms in total. The van der Waals surface area contributed by atoms with Crippen LogP contribution in [0, 0.1) is 11.6 Å². The number of nitrogens with one attached hydrogen (secondary N) is 1. The van der Waals surface area contributed by atoms with Crippen molar-refractivity contribution in [1.29, 1.82) is 0 Å². The topological polar surface area (TPSA) is 38.0 Å². The van der Waals surface area contributed by atoms with Crippen LogP contribution in [0.1, 0.15) is 24.4 Å². The maximum absolute atomic E-state index is 12.9. The van der Waals surface area contributed by atoms with Gasteiger partial charge >= 0.3 is 0 Å². The van der Waals surface area contributed by atoms with Gasteiger partial charge in [0.25, 0.3) is 0 Å². The number of halogens is 3. The number of alkyl halides is 1. The van der Waals surface area contributed by atoms with Crippen LogP contribution in [0.2, 0.25) is 0 Å². The zero-order valence-electron chi connectivity index (χ0n) is 8.14. The van der Waals surface area contributed by atoms with E-state index in [1.165, 1.54) is 12.1 Å². The predicted octanol–water partition coefficient (Wildman–Crippen LogP) is 2.49. The minimum atomic E-state index is -0.601. The van der Waals surface area contributed by atoms with Crippen LogP contribution in [-0.2, 0) is 0 Å². The first kappa shape index (κ1) is 12.4. The number of hydrazine groups is 1. The molecule has 1 aromatic rings. The molecule has 0 aliphatic carbocycles. The van der Waals surface area contributed by atoms with Crippen molar-refractivity contribution in [3.8, 4) is 0 Å². The average molecular weight is 235 g/mol. The monoisotopic (exact) mass is 234 g/mol. The molecule has 0 saturated heterocycles. The molecule has 84 valence electrons. The third-order valence-electron chi connectivity index (χ3n) is 2.11. The van der Waals surface area contributed by atoms with Crippen LogP contribution in [0.5, 0.6) is 0 Å². The van der Waals surface area contributed by atoms with E-state index in [9.17, 15) is 8.78 Å². The van der Waals surface area contributed by atoms with E-state index in [2.05, 4.69) is 5.43 Å². The molecule has 1 atom stereocenters. The number of benzene rings is 1. The molecular formula is C10H13ClF2N2. The minimum Gasteiger partial charge on any atom is -0.271 e. The van der Waals surface area contributed by atoms with E-state index in [0.717, 1.165) is 12.5 Å². The molecule has 0 aromatic heterocycles. The second kappa shape index (κ2) is 6.00. The van der Waals surface area contributed by atoms with Gasteiger partial charge in [0.1, 0.15) is 11.6 Å². The fourth-order valence-electron chi connectivity index (χ4n) is 1.40. The van der Waals surface area contributed by atoms with E-state index in [4.69, 9.17) is 17.4 Å². The molecule has 0 amide bonds. The molecule has 1 aromatic carbocycles. The second-order valence-corrected chi connectivity index (χ2v) is 3.63. The molecule has 1 rings (SSSR count). The maximum atomic E-state index is 12.9. The van der Waals surface area contributed by atoms with Crippen molar-refractivity contribution in [2.24, 2.45) is 5.84 Å². The molecule has 3 N–H and O–H groups in total. The van der Waals surface area contributed by atoms with Crippen LogP contribution in [0.25, 0.3) is 0 Å². The Kier molecular flexibility index (Phi) is 4.94. The van der Waals surface area contributed by atoms with Crippen molar-refractivity contribution < 1.29 is 8.78 Å². The summed E-state index contributed by atoms with van der Waals surface area (Å²) in [6.07, 6.45) is 1.37. The molecule has 0 radical (unpaired) electrons. The van der Waals surface area contributed by atoms with Gasteiger partial charge in [-0.25, -0.2) is 8.78 Å². The molecular weight excluding hydrogens is 222 g/mol. The summed E-state index contributed by atoms with van der Waals surface area (Å²) in [5.74, 6) is 4.60. The second-order valence-electron chi connectivity index (χ2n) is 3.25. The normalized spacial score (nSPS) is 12.8. The zero-order chi connectivity index (χ0) is 11.3. The Labute approximate surface area is 92.4 Å². The van der Waals surface area contributed by atoms with Crippen LogP contribution < -0.4 is 11.3 Å². The summed E-state index contributed by atoms with van der Waals surface area (Å²) in [4.78, 5) is 0. The lowest BCUT2D eigenvalue weighted by Crippen LogP contribution is -2.28. The van der Waals surface area contributed by atoms with Gasteiger partial charge in [0.15, 0.2) is 0 Å². The van der Waals surface area contributed by atoms with Gasteiger partial charge in [-0.2, -0.15) is 0 Å². The first-order chi connectivity index (χ1) is 7.17. The fourth-order valence-corrected chi connectivity index (χ4v) is 1.56. The Morgan fingerprint density at radius 2 is 1.87 bits per heavy atom. The molecule has 0 heterocycles. The smallest absolute Gasteiger partial charge is 0.126 e. The van der Waals surface area contributed by atoms with E-state index in [0.29, 0.717) is 17.9 Å². The lowest BCUT2D eigenvalue weighted by atomic mass is 10.0. The first-order valence-electron chi connectivity index (χ1n) is 4.65. The SMILES string of the molecule is NNC(CCCCl)c1cc(F)cc(F)c1. The third kappa shape index (κ3) is 3.74. The molecule has 5 heteroatoms. The standard InChI is InChI=1S/C10H13ClF2N2/c11-3-1-2-10(15-14)7-4-8(12)6-9(13)5-7/h4-6,10,15H,1-3,14H2. The van der Waals surface area contributed by atoms with Gasteiger partial charge < -0.3 is 0 Å². The number of rotatable bonds is 5. The van der Waals surface area contributed by atoms with Crippen molar-refractivity contribution >= 4 is 11.6 Å². The zero-order valence-corrected chi connectivity index (χ0v) is 8.90. The summed E-state index contributed by atoms with van der Waals surface area (Å²) in [6, 6.07) is 3.09. The molecule has 1 unspecified atom stereocenters. The summed E-state index contributed by atoms with van der Waals surface area (Å²) in [6.45, 7) is 0. The van der Waals surface area contributed by atoms with Crippen LogP contribution >= 0.6 is 11.6 Å². The highest BCUT2D eigenvalue weighted by Gasteiger charge is 2.11. The number of hydrogen-bond acceptors (Lipinski definition) is 2. The van der Waals surface area contributed by atoms with Gasteiger partial charge in [0, 0.05) is 18.0 Å². The molecule has 0 aliphatic heterocycles. The summed E-state index contributed by atoms with van der Waals surface area (Å²) < 4.78 is 25.8. The largest absolute Gasteiger partial charge is 0.271 e. The summed E-state index contributed by atoms with van der Waals surface area (Å²) in [5.41, 5.74) is 3.02. The summed E-state index contributed by atoms with van der Waals surface area (Å²) >= 11 is 5.54. The van der Waals surface area contributed by atoms with Crippen LogP contribution in [0.4, 0.5) is 8.78 Å². The average Bonchev–Trinajstić information content (AvgIpc) is 2.17. The molecule has 0 fully saturated rings. The molecule has 0 bridgehead atoms. The predicted molar refractivity (Wildman–Crippen MR) is 56.4 cm³/mol. The first-order valence-corrected chi connectivity index (χ1v) is 5.19. The highest BCUT2D eigenvalue weighted by Crippen LogP contribution is 2.20. The maximum Gasteiger partial charge on any atom is 0.126 e. The highest BCUT2D eigenvalue weighted by molar-refractivity contribution is 6.17. The lowest BCUT2D eigenvalue weighted by Gasteiger charge is -2.15. The third-order valence-corrected chi connectivity index (χ3v) is 2.38. The lowest BCUT2D eigenvalue weighted by molar-refractivity contribution is 0.499. The molecule has 0 spiro atoms. The van der Waals surface area contributed by atoms with E-state index in [-0.39, 0.29) is 6.04 Å². The summed E-state index contributed by atoms with van der Waals surface area (Å²) in [7, 11) is 0. The number of nitrogens with two attached hydrogens (primary N) is 1. The minimum absolute atomic E-state index is 0.269. The number of hydrogen-bond donors (Lipinski definition) is 2. The Bertz CT molecular complexity index is 300. The van der Waals surface area contributed by atoms with Crippen LogP contribution in [-0.4, -0.2) is 5.88 Å². The van der Waals surface area contributed by atoms with Crippen LogP contribution in [0.15, 0.2) is 18.2 Å². The summed E-state index contributed by atoms with van der Waals surface area (Å²) in [5, 5.41) is 0. The van der Waals surface area contributed by atoms with Crippen molar-refractivity contribution in [2.45, 2.75) is 18.9 Å². The van der Waals surface area contributed by atoms with Crippen molar-refractivity contribution in [1.82, 2.24) is 5.43 Å². The van der Waals surface area contributed by atoms with Crippen LogP contribution in [0.3, 0.4) is 0 Å². The van der Waals surface area contributed by atoms with Crippen molar-refractivity contribution in [3.05, 3.63) is 35.4 Å². The molecule has 15 heavy (non-hydrogen) atoms. The van der Waals surface area contributed by atoms with Gasteiger partial charge in [-0.1, -0.05) is 0 Å². The van der Waals surface area contributed by atoms with E-state index in [1.807, 2.05) is 0 Å². The molecule has 0 aliphatic rings. The Morgan fingerprint density at radius 3 is 2.33 bits per heavy atom. The van der Waals surface area contributed by atoms with Gasteiger partial charge in [0.05, 0.1) is 0 Å². The van der Waals surface area contributed by atoms with E-state index < -0.39 is 11.6 Å². The Balaban J connectivity index is 2.81. The molecule has 0 saturated carbocycles. The quantitative estimate of drug-likeness (QED) is 0.467. The van der Waals surface area contributed by atoms with Crippen molar-refractivity contribution in [2.75, 3.05) is 5.88 Å². The van der Waals surface area contributed by atoms with Crippen molar-refractivity contribution in [3.63, 3.8) is 0 Å². The van der Waals surface area contributed by atoms with Gasteiger partial charge in [-0.15, -0.1) is 11.6 Å². The van der Waals surface area contributed by atoms with Gasteiger partial charge in [-0.3, -0.25) is 11.3 Å².